The van der Waals surface area contributed by atoms with Crippen LogP contribution in [0.15, 0.2) is 85.1 Å². The lowest BCUT2D eigenvalue weighted by molar-refractivity contribution is -0.137. The Morgan fingerprint density at radius 1 is 0.935 bits per heavy atom. The number of rotatable bonds is 10. The van der Waals surface area contributed by atoms with E-state index in [1.54, 1.807) is 6.08 Å². The zero-order valence-corrected chi connectivity index (χ0v) is 27.3. The SMILES string of the molecule is C=C(/C=C(/C(=O)N1CCCC1CN1CCCC1)c1cc(-c2ccc(CN)cc2)ccc1C)NCc1ccc(C(F)(F)F)cc1.CC. The predicted octanol–water partition coefficient (Wildman–Crippen LogP) is 7.94. The van der Waals surface area contributed by atoms with Gasteiger partial charge in [0, 0.05) is 43.5 Å². The lowest BCUT2D eigenvalue weighted by Gasteiger charge is -2.30. The van der Waals surface area contributed by atoms with Crippen molar-refractivity contribution in [2.75, 3.05) is 26.2 Å². The summed E-state index contributed by atoms with van der Waals surface area (Å²) in [4.78, 5) is 18.9. The molecule has 2 heterocycles. The highest BCUT2D eigenvalue weighted by molar-refractivity contribution is 6.20. The maximum atomic E-state index is 14.4. The standard InChI is InChI=1S/C36H41F3N4O.C2H6/c1-25-7-12-30(29-13-8-27(22-40)9-14-29)21-33(25)34(35(44)43-19-5-6-32(43)24-42-17-3-4-18-42)20-26(2)41-23-28-10-15-31(16-11-28)36(37,38)39;1-2/h7-16,20-21,32,41H,2-6,17-19,22-24,40H2,1H3;1-2H3/b34-20+;. The van der Waals surface area contributed by atoms with Crippen LogP contribution in [0.25, 0.3) is 16.7 Å². The largest absolute Gasteiger partial charge is 0.416 e. The molecular formula is C38H47F3N4O. The van der Waals surface area contributed by atoms with E-state index in [2.05, 4.69) is 28.9 Å². The van der Waals surface area contributed by atoms with Crippen molar-refractivity contribution in [2.24, 2.45) is 5.73 Å². The number of nitrogens with one attached hydrogen (secondary N) is 1. The summed E-state index contributed by atoms with van der Waals surface area (Å²) in [5, 5.41) is 3.21. The van der Waals surface area contributed by atoms with Crippen molar-refractivity contribution in [3.8, 4) is 11.1 Å². The first kappa shape index (κ1) is 35.0. The Labute approximate surface area is 272 Å². The van der Waals surface area contributed by atoms with E-state index in [4.69, 9.17) is 5.73 Å². The van der Waals surface area contributed by atoms with Crippen molar-refractivity contribution in [1.29, 1.82) is 0 Å². The molecule has 0 saturated carbocycles. The molecule has 2 fully saturated rings. The molecule has 3 aromatic carbocycles. The Balaban J connectivity index is 0.00000235. The zero-order chi connectivity index (χ0) is 33.3. The molecule has 46 heavy (non-hydrogen) atoms. The second-order valence-electron chi connectivity index (χ2n) is 11.9. The second-order valence-corrected chi connectivity index (χ2v) is 11.9. The third-order valence-corrected chi connectivity index (χ3v) is 8.71. The van der Waals surface area contributed by atoms with Crippen molar-refractivity contribution < 1.29 is 18.0 Å². The number of carbonyl (C=O) groups is 1. The monoisotopic (exact) mass is 632 g/mol. The van der Waals surface area contributed by atoms with E-state index >= 15 is 0 Å². The molecule has 0 radical (unpaired) electrons. The first-order chi connectivity index (χ1) is 22.1. The van der Waals surface area contributed by atoms with Crippen LogP contribution in [-0.4, -0.2) is 47.9 Å². The highest BCUT2D eigenvalue weighted by Gasteiger charge is 2.33. The summed E-state index contributed by atoms with van der Waals surface area (Å²) in [6, 6.07) is 19.5. The van der Waals surface area contributed by atoms with E-state index in [9.17, 15) is 18.0 Å². The number of alkyl halides is 3. The number of hydrogen-bond acceptors (Lipinski definition) is 4. The average molecular weight is 633 g/mol. The van der Waals surface area contributed by atoms with Crippen LogP contribution in [0.2, 0.25) is 0 Å². The molecule has 2 aliphatic heterocycles. The van der Waals surface area contributed by atoms with Crippen LogP contribution in [0.4, 0.5) is 13.2 Å². The first-order valence-electron chi connectivity index (χ1n) is 16.4. The van der Waals surface area contributed by atoms with Crippen molar-refractivity contribution in [2.45, 2.75) is 71.8 Å². The second kappa shape index (κ2) is 16.1. The highest BCUT2D eigenvalue weighted by Crippen LogP contribution is 2.32. The van der Waals surface area contributed by atoms with Gasteiger partial charge in [-0.05, 0) is 103 Å². The fourth-order valence-corrected chi connectivity index (χ4v) is 6.14. The van der Waals surface area contributed by atoms with Crippen LogP contribution < -0.4 is 11.1 Å². The zero-order valence-electron chi connectivity index (χ0n) is 27.3. The molecule has 0 spiro atoms. The van der Waals surface area contributed by atoms with Gasteiger partial charge in [0.15, 0.2) is 0 Å². The number of likely N-dealkylation sites (tertiary alicyclic amines) is 2. The average Bonchev–Trinajstić information content (AvgIpc) is 3.76. The van der Waals surface area contributed by atoms with E-state index < -0.39 is 11.7 Å². The number of nitrogens with two attached hydrogens (primary N) is 1. The Kier molecular flexibility index (Phi) is 12.2. The van der Waals surface area contributed by atoms with Gasteiger partial charge in [0.05, 0.1) is 5.56 Å². The molecule has 2 saturated heterocycles. The predicted molar refractivity (Wildman–Crippen MR) is 182 cm³/mol. The van der Waals surface area contributed by atoms with E-state index in [1.807, 2.05) is 56.0 Å². The molecule has 5 nitrogen and oxygen atoms in total. The molecule has 1 amide bonds. The van der Waals surface area contributed by atoms with Gasteiger partial charge in [-0.1, -0.05) is 69.0 Å². The highest BCUT2D eigenvalue weighted by atomic mass is 19.4. The number of benzene rings is 3. The lowest BCUT2D eigenvalue weighted by Crippen LogP contribution is -2.43. The molecule has 3 N–H and O–H groups in total. The van der Waals surface area contributed by atoms with Crippen molar-refractivity contribution in [3.05, 3.63) is 113 Å². The molecule has 0 aliphatic carbocycles. The van der Waals surface area contributed by atoms with E-state index in [-0.39, 0.29) is 18.5 Å². The Bertz CT molecular complexity index is 1490. The molecule has 2 aliphatic rings. The molecule has 1 unspecified atom stereocenters. The molecule has 0 bridgehead atoms. The van der Waals surface area contributed by atoms with Gasteiger partial charge in [0.1, 0.15) is 0 Å². The van der Waals surface area contributed by atoms with Gasteiger partial charge >= 0.3 is 6.18 Å². The van der Waals surface area contributed by atoms with Crippen LogP contribution >= 0.6 is 0 Å². The van der Waals surface area contributed by atoms with E-state index in [0.29, 0.717) is 29.9 Å². The topological polar surface area (TPSA) is 61.6 Å². The van der Waals surface area contributed by atoms with Gasteiger partial charge in [-0.3, -0.25) is 4.79 Å². The Morgan fingerprint density at radius 3 is 2.20 bits per heavy atom. The molecule has 8 heteroatoms. The minimum absolute atomic E-state index is 0.0251. The molecule has 246 valence electrons. The summed E-state index contributed by atoms with van der Waals surface area (Å²) in [5.41, 5.74) is 11.7. The fraction of sp³-hybridized carbons (Fsp3) is 0.395. The van der Waals surface area contributed by atoms with Crippen LogP contribution in [0.5, 0.6) is 0 Å². The summed E-state index contributed by atoms with van der Waals surface area (Å²) in [6.45, 7) is 14.7. The summed E-state index contributed by atoms with van der Waals surface area (Å²) in [7, 11) is 0. The van der Waals surface area contributed by atoms with E-state index in [1.165, 1.54) is 25.0 Å². The number of allylic oxidation sites excluding steroid dienone is 1. The van der Waals surface area contributed by atoms with Gasteiger partial charge in [-0.25, -0.2) is 0 Å². The third kappa shape index (κ3) is 8.89. The third-order valence-electron chi connectivity index (χ3n) is 8.71. The van der Waals surface area contributed by atoms with Gasteiger partial charge < -0.3 is 20.9 Å². The maximum Gasteiger partial charge on any atom is 0.416 e. The maximum absolute atomic E-state index is 14.4. The Morgan fingerprint density at radius 2 is 1.57 bits per heavy atom. The van der Waals surface area contributed by atoms with Gasteiger partial charge in [0.25, 0.3) is 5.91 Å². The first-order valence-corrected chi connectivity index (χ1v) is 16.4. The van der Waals surface area contributed by atoms with Crippen molar-refractivity contribution in [3.63, 3.8) is 0 Å². The number of halogens is 3. The summed E-state index contributed by atoms with van der Waals surface area (Å²) < 4.78 is 39.0. The quantitative estimate of drug-likeness (QED) is 0.176. The van der Waals surface area contributed by atoms with Crippen LogP contribution in [0.1, 0.15) is 67.3 Å². The van der Waals surface area contributed by atoms with Crippen LogP contribution in [0, 0.1) is 6.92 Å². The minimum Gasteiger partial charge on any atom is -0.381 e. The van der Waals surface area contributed by atoms with Gasteiger partial charge in [0.2, 0.25) is 0 Å². The summed E-state index contributed by atoms with van der Waals surface area (Å²) in [5.74, 6) is -0.0251. The molecule has 5 rings (SSSR count). The summed E-state index contributed by atoms with van der Waals surface area (Å²) >= 11 is 0. The number of carbonyl (C=O) groups excluding carboxylic acids is 1. The van der Waals surface area contributed by atoms with Crippen LogP contribution in [0.3, 0.4) is 0 Å². The smallest absolute Gasteiger partial charge is 0.381 e. The Hall–Kier alpha value is -3.88. The molecule has 1 atom stereocenters. The van der Waals surface area contributed by atoms with Gasteiger partial charge in [-0.2, -0.15) is 13.2 Å². The minimum atomic E-state index is -4.38. The molecular weight excluding hydrogens is 585 g/mol. The number of hydrogen-bond donors (Lipinski definition) is 2. The molecule has 3 aromatic rings. The van der Waals surface area contributed by atoms with Gasteiger partial charge in [-0.15, -0.1) is 0 Å². The summed E-state index contributed by atoms with van der Waals surface area (Å²) in [6.07, 6.45) is 1.77. The number of amides is 1. The molecule has 0 aromatic heterocycles. The van der Waals surface area contributed by atoms with Crippen molar-refractivity contribution in [1.82, 2.24) is 15.1 Å². The van der Waals surface area contributed by atoms with E-state index in [0.717, 1.165) is 72.4 Å². The number of nitrogens with zero attached hydrogens (tertiary/aromatic N) is 2. The lowest BCUT2D eigenvalue weighted by atomic mass is 9.93. The normalized spacial score (nSPS) is 17.1. The fourth-order valence-electron chi connectivity index (χ4n) is 6.14. The van der Waals surface area contributed by atoms with Crippen LogP contribution in [-0.2, 0) is 24.1 Å². The van der Waals surface area contributed by atoms with Crippen molar-refractivity contribution >= 4 is 11.5 Å². The number of aryl methyl sites for hydroxylation is 1.